The van der Waals surface area contributed by atoms with Gasteiger partial charge in [-0.1, -0.05) is 42.5 Å². The summed E-state index contributed by atoms with van der Waals surface area (Å²) in [6, 6.07) is 15.4. The Labute approximate surface area is 227 Å². The van der Waals surface area contributed by atoms with Gasteiger partial charge in [0.15, 0.2) is 5.65 Å². The van der Waals surface area contributed by atoms with Crippen molar-refractivity contribution in [3.8, 4) is 0 Å². The number of halogens is 3. The van der Waals surface area contributed by atoms with E-state index in [9.17, 15) is 22.8 Å². The molecular weight excluding hydrogens is 521 g/mol. The normalized spacial score (nSPS) is 16.2. The monoisotopic (exact) mass is 548 g/mol. The quantitative estimate of drug-likeness (QED) is 0.386. The van der Waals surface area contributed by atoms with Gasteiger partial charge in [0, 0.05) is 12.1 Å². The Kier molecular flexibility index (Phi) is 6.75. The van der Waals surface area contributed by atoms with E-state index in [1.807, 2.05) is 18.2 Å². The summed E-state index contributed by atoms with van der Waals surface area (Å²) in [5, 5.41) is 7.27. The molecule has 0 atom stereocenters. The molecule has 40 heavy (non-hydrogen) atoms. The number of benzene rings is 2. The average molecular weight is 549 g/mol. The zero-order chi connectivity index (χ0) is 27.9. The van der Waals surface area contributed by atoms with E-state index in [1.54, 1.807) is 16.7 Å². The van der Waals surface area contributed by atoms with Crippen LogP contribution in [0.5, 0.6) is 0 Å². The predicted molar refractivity (Wildman–Crippen MR) is 145 cm³/mol. The lowest BCUT2D eigenvalue weighted by molar-refractivity contribution is -0.137. The molecule has 8 nitrogen and oxygen atoms in total. The molecule has 11 heteroatoms. The van der Waals surface area contributed by atoms with Gasteiger partial charge in [-0.15, -0.1) is 0 Å². The second-order valence-electron chi connectivity index (χ2n) is 10.3. The van der Waals surface area contributed by atoms with Gasteiger partial charge >= 0.3 is 6.18 Å². The van der Waals surface area contributed by atoms with Crippen molar-refractivity contribution >= 4 is 28.6 Å². The van der Waals surface area contributed by atoms with Crippen molar-refractivity contribution in [1.82, 2.24) is 24.2 Å². The minimum atomic E-state index is -4.49. The highest BCUT2D eigenvalue weighted by molar-refractivity contribution is 5.92. The van der Waals surface area contributed by atoms with Gasteiger partial charge in [-0.25, -0.2) is 4.68 Å². The largest absolute Gasteiger partial charge is 0.416 e. The smallest absolute Gasteiger partial charge is 0.295 e. The zero-order valence-corrected chi connectivity index (χ0v) is 21.6. The lowest BCUT2D eigenvalue weighted by atomic mass is 9.90. The van der Waals surface area contributed by atoms with Crippen LogP contribution in [0.4, 0.5) is 19.1 Å². The van der Waals surface area contributed by atoms with Crippen LogP contribution in [0.15, 0.2) is 71.7 Å². The molecule has 1 N–H and O–H groups in total. The molecule has 0 bridgehead atoms. The fourth-order valence-electron chi connectivity index (χ4n) is 5.54. The van der Waals surface area contributed by atoms with Gasteiger partial charge in [0.25, 0.3) is 5.56 Å². The first-order valence-corrected chi connectivity index (χ1v) is 13.2. The van der Waals surface area contributed by atoms with E-state index in [0.717, 1.165) is 44.5 Å². The van der Waals surface area contributed by atoms with Crippen molar-refractivity contribution in [2.45, 2.75) is 32.0 Å². The standard InChI is InChI=1S/C29H27F3N6O2/c30-29(31,32)22-8-4-7-21(16-22)24-11-14-37-27-23(17-33-38(24)27)26(40)35-28(37)34-25(39)18-36-12-9-20(10-13-36)15-19-5-2-1-3-6-19/h1-8,11,16-17,20H,9-10,12-15,18H2,(H,34,35,39,40). The maximum Gasteiger partial charge on any atom is 0.416 e. The first-order valence-electron chi connectivity index (χ1n) is 13.2. The molecule has 0 aliphatic carbocycles. The molecule has 4 aromatic rings. The van der Waals surface area contributed by atoms with E-state index in [1.165, 1.54) is 22.5 Å². The van der Waals surface area contributed by atoms with Crippen molar-refractivity contribution in [2.24, 2.45) is 5.92 Å². The molecule has 6 rings (SSSR count). The highest BCUT2D eigenvalue weighted by Crippen LogP contribution is 2.33. The van der Waals surface area contributed by atoms with E-state index in [2.05, 4.69) is 32.4 Å². The van der Waals surface area contributed by atoms with E-state index in [4.69, 9.17) is 0 Å². The van der Waals surface area contributed by atoms with Crippen molar-refractivity contribution in [1.29, 1.82) is 0 Å². The molecule has 2 aromatic heterocycles. The maximum absolute atomic E-state index is 13.3. The first kappa shape index (κ1) is 26.0. The summed E-state index contributed by atoms with van der Waals surface area (Å²) in [4.78, 5) is 31.9. The molecule has 2 aliphatic heterocycles. The lowest BCUT2D eigenvalue weighted by Gasteiger charge is -2.31. The van der Waals surface area contributed by atoms with Crippen LogP contribution in [0.25, 0.3) is 16.7 Å². The van der Waals surface area contributed by atoms with Crippen molar-refractivity contribution in [3.05, 3.63) is 93.9 Å². The maximum atomic E-state index is 13.3. The van der Waals surface area contributed by atoms with E-state index >= 15 is 0 Å². The summed E-state index contributed by atoms with van der Waals surface area (Å²) >= 11 is 0. The topological polar surface area (TPSA) is 85.1 Å². The summed E-state index contributed by atoms with van der Waals surface area (Å²) < 4.78 is 43.0. The molecular formula is C29H27F3N6O2. The Morgan fingerprint density at radius 2 is 1.82 bits per heavy atom. The average Bonchev–Trinajstić information content (AvgIpc) is 3.39. The summed E-state index contributed by atoms with van der Waals surface area (Å²) in [6.07, 6.45) is 1.59. The SMILES string of the molecule is O=C(CN1CCC(Cc2ccccc2)CC1)Nc1nc(=O)c2cnn3c2n1CC=C3c1cccc(C(F)(F)F)c1. The van der Waals surface area contributed by atoms with Gasteiger partial charge in [-0.2, -0.15) is 23.3 Å². The van der Waals surface area contributed by atoms with Crippen LogP contribution in [0.2, 0.25) is 0 Å². The second kappa shape index (κ2) is 10.4. The summed E-state index contributed by atoms with van der Waals surface area (Å²) in [7, 11) is 0. The Morgan fingerprint density at radius 3 is 2.58 bits per heavy atom. The summed E-state index contributed by atoms with van der Waals surface area (Å²) in [5.41, 5.74) is 1.08. The molecule has 4 heterocycles. The summed E-state index contributed by atoms with van der Waals surface area (Å²) in [6.45, 7) is 1.98. The number of aromatic nitrogens is 4. The van der Waals surface area contributed by atoms with Gasteiger partial charge in [0.2, 0.25) is 11.9 Å². The molecule has 1 amide bonds. The third-order valence-electron chi connectivity index (χ3n) is 7.57. The molecule has 0 radical (unpaired) electrons. The molecule has 2 aromatic carbocycles. The van der Waals surface area contributed by atoms with E-state index < -0.39 is 17.3 Å². The number of hydrogen-bond donors (Lipinski definition) is 1. The van der Waals surface area contributed by atoms with E-state index in [-0.39, 0.29) is 30.3 Å². The van der Waals surface area contributed by atoms with Gasteiger partial charge in [-0.3, -0.25) is 24.4 Å². The molecule has 0 unspecified atom stereocenters. The number of nitrogens with one attached hydrogen (secondary N) is 1. The second-order valence-corrected chi connectivity index (χ2v) is 10.3. The van der Waals surface area contributed by atoms with Gasteiger partial charge in [-0.05, 0) is 62.0 Å². The van der Waals surface area contributed by atoms with Gasteiger partial charge < -0.3 is 0 Å². The number of anilines is 1. The van der Waals surface area contributed by atoms with Crippen LogP contribution in [-0.2, 0) is 23.9 Å². The third kappa shape index (κ3) is 5.16. The van der Waals surface area contributed by atoms with Crippen LogP contribution < -0.4 is 10.9 Å². The molecule has 0 saturated carbocycles. The number of amides is 1. The third-order valence-corrected chi connectivity index (χ3v) is 7.57. The minimum absolute atomic E-state index is 0.0857. The Hall–Kier alpha value is -4.25. The number of hydrogen-bond acceptors (Lipinski definition) is 5. The van der Waals surface area contributed by atoms with Crippen molar-refractivity contribution in [2.75, 3.05) is 25.0 Å². The van der Waals surface area contributed by atoms with E-state index in [0.29, 0.717) is 22.8 Å². The number of carbonyl (C=O) groups is 1. The van der Waals surface area contributed by atoms with Crippen LogP contribution in [0, 0.1) is 5.92 Å². The Bertz CT molecular complexity index is 1650. The molecule has 1 saturated heterocycles. The number of carbonyl (C=O) groups excluding carboxylic acids is 1. The van der Waals surface area contributed by atoms with Crippen LogP contribution in [-0.4, -0.2) is 49.8 Å². The fraction of sp³-hybridized carbons (Fsp3) is 0.310. The van der Waals surface area contributed by atoms with Crippen molar-refractivity contribution < 1.29 is 18.0 Å². The van der Waals surface area contributed by atoms with Crippen LogP contribution in [0.1, 0.15) is 29.5 Å². The number of piperidine rings is 1. The molecule has 1 fully saturated rings. The predicted octanol–water partition coefficient (Wildman–Crippen LogP) is 4.41. The van der Waals surface area contributed by atoms with Gasteiger partial charge in [0.05, 0.1) is 24.0 Å². The number of likely N-dealkylation sites (tertiary alicyclic amines) is 1. The molecule has 206 valence electrons. The zero-order valence-electron chi connectivity index (χ0n) is 21.6. The number of nitrogens with zero attached hydrogens (tertiary/aromatic N) is 5. The van der Waals surface area contributed by atoms with Gasteiger partial charge in [0.1, 0.15) is 5.39 Å². The molecule has 0 spiro atoms. The first-order chi connectivity index (χ1) is 19.3. The van der Waals surface area contributed by atoms with Crippen molar-refractivity contribution in [3.63, 3.8) is 0 Å². The van der Waals surface area contributed by atoms with Crippen LogP contribution >= 0.6 is 0 Å². The molecule has 2 aliphatic rings. The Morgan fingerprint density at radius 1 is 1.05 bits per heavy atom. The van der Waals surface area contributed by atoms with Crippen LogP contribution in [0.3, 0.4) is 0 Å². The number of allylic oxidation sites excluding steroid dienone is 1. The Balaban J connectivity index is 1.17. The number of rotatable bonds is 6. The highest BCUT2D eigenvalue weighted by Gasteiger charge is 2.31. The minimum Gasteiger partial charge on any atom is -0.295 e. The summed E-state index contributed by atoms with van der Waals surface area (Å²) in [5.74, 6) is 0.379. The highest BCUT2D eigenvalue weighted by atomic mass is 19.4. The lowest BCUT2D eigenvalue weighted by Crippen LogP contribution is -2.40. The fourth-order valence-corrected chi connectivity index (χ4v) is 5.54. The number of alkyl halides is 3.